The Morgan fingerprint density at radius 3 is 1.97 bits per heavy atom. The Bertz CT molecular complexity index is 1040. The van der Waals surface area contributed by atoms with Gasteiger partial charge >= 0.3 is 28.6 Å². The molecule has 0 aromatic heterocycles. The van der Waals surface area contributed by atoms with Gasteiger partial charge in [-0.05, 0) is 37.6 Å². The van der Waals surface area contributed by atoms with Gasteiger partial charge in [0.05, 0.1) is 10.5 Å². The molecular formula is C16H14ClF8N5O4S. The molecule has 0 bridgehead atoms. The van der Waals surface area contributed by atoms with Crippen LogP contribution in [0.25, 0.3) is 5.53 Å². The minimum atomic E-state index is -6.48. The summed E-state index contributed by atoms with van der Waals surface area (Å²) in [6.07, 6.45) is -12.8. The van der Waals surface area contributed by atoms with Crippen molar-refractivity contribution in [3.63, 3.8) is 0 Å². The second kappa shape index (κ2) is 10.9. The van der Waals surface area contributed by atoms with Crippen LogP contribution in [0.15, 0.2) is 28.7 Å². The highest BCUT2D eigenvalue weighted by Gasteiger charge is 2.71. The fourth-order valence-electron chi connectivity index (χ4n) is 2.26. The maximum atomic E-state index is 14.2. The summed E-state index contributed by atoms with van der Waals surface area (Å²) in [6, 6.07) is 3.69. The molecule has 196 valence electrons. The first-order valence-corrected chi connectivity index (χ1v) is 10.5. The van der Waals surface area contributed by atoms with Gasteiger partial charge in [-0.1, -0.05) is 0 Å². The average Bonchev–Trinajstić information content (AvgIpc) is 2.73. The third-order valence-electron chi connectivity index (χ3n) is 4.04. The molecule has 0 saturated carbocycles. The van der Waals surface area contributed by atoms with Crippen LogP contribution in [-0.2, 0) is 15.7 Å². The van der Waals surface area contributed by atoms with Crippen LogP contribution in [0.1, 0.15) is 19.4 Å². The lowest BCUT2D eigenvalue weighted by Crippen LogP contribution is -2.53. The zero-order chi connectivity index (χ0) is 27.4. The second-order valence-electron chi connectivity index (χ2n) is 6.24. The van der Waals surface area contributed by atoms with Gasteiger partial charge < -0.3 is 10.4 Å². The Hall–Kier alpha value is -2.69. The van der Waals surface area contributed by atoms with E-state index in [2.05, 4.69) is 25.5 Å². The summed E-state index contributed by atoms with van der Waals surface area (Å²) in [7, 11) is -4.51. The number of benzene rings is 1. The van der Waals surface area contributed by atoms with Crippen LogP contribution < -0.4 is 0 Å². The molecule has 1 atom stereocenters. The van der Waals surface area contributed by atoms with Crippen molar-refractivity contribution in [1.29, 1.82) is 0 Å². The van der Waals surface area contributed by atoms with Crippen molar-refractivity contribution in [2.45, 2.75) is 36.7 Å². The molecule has 0 fully saturated rings. The van der Waals surface area contributed by atoms with E-state index < -0.39 is 56.0 Å². The van der Waals surface area contributed by atoms with Crippen molar-refractivity contribution in [2.24, 2.45) is 4.40 Å². The molecular weight excluding hydrogens is 546 g/mol. The highest BCUT2D eigenvalue weighted by molar-refractivity contribution is 7.85. The molecule has 19 heteroatoms. The molecule has 1 unspecified atom stereocenters. The second-order valence-corrected chi connectivity index (χ2v) is 7.91. The fourth-order valence-corrected chi connectivity index (χ4v) is 3.02. The number of nitro benzene ring substituents is 1. The number of nitrogens with zero attached hydrogens (tertiary/aromatic N) is 5. The normalized spacial score (nSPS) is 14.3. The Balaban J connectivity index is 3.57. The van der Waals surface area contributed by atoms with E-state index in [1.165, 1.54) is 13.8 Å². The average molecular weight is 560 g/mol. The summed E-state index contributed by atoms with van der Waals surface area (Å²) in [5.41, 5.74) is 7.90. The third kappa shape index (κ3) is 6.71. The molecule has 9 nitrogen and oxygen atoms in total. The predicted molar refractivity (Wildman–Crippen MR) is 106 cm³/mol. The van der Waals surface area contributed by atoms with Crippen LogP contribution >= 0.6 is 11.6 Å². The SMILES string of the molecule is CCN(CC)/C(=N\S(=O)C(F)(F)C(F)(F)OC(F)(F)C(F)(F)Cl)C(=[N+]=[N-])c1ccc([N+](=O)[O-])cc1. The Kier molecular flexibility index (Phi) is 9.47. The van der Waals surface area contributed by atoms with Crippen LogP contribution in [0.2, 0.25) is 0 Å². The highest BCUT2D eigenvalue weighted by atomic mass is 35.5. The number of non-ortho nitro benzene ring substituents is 1. The fraction of sp³-hybridized carbons (Fsp3) is 0.500. The van der Waals surface area contributed by atoms with Crippen LogP contribution in [0.5, 0.6) is 0 Å². The van der Waals surface area contributed by atoms with E-state index >= 15 is 0 Å². The van der Waals surface area contributed by atoms with Gasteiger partial charge in [0.1, 0.15) is 0 Å². The molecule has 0 heterocycles. The van der Waals surface area contributed by atoms with Gasteiger partial charge in [-0.3, -0.25) is 10.1 Å². The lowest BCUT2D eigenvalue weighted by atomic mass is 10.1. The Morgan fingerprint density at radius 1 is 1.11 bits per heavy atom. The van der Waals surface area contributed by atoms with Crippen molar-refractivity contribution >= 4 is 39.8 Å². The van der Waals surface area contributed by atoms with Crippen molar-refractivity contribution in [3.8, 4) is 0 Å². The number of alkyl halides is 9. The molecule has 1 aromatic rings. The summed E-state index contributed by atoms with van der Waals surface area (Å²) in [6.45, 7) is 2.47. The van der Waals surface area contributed by atoms with E-state index in [1.54, 1.807) is 0 Å². The van der Waals surface area contributed by atoms with Gasteiger partial charge in [-0.15, -0.1) is 0 Å². The number of hydrogen-bond donors (Lipinski definition) is 0. The summed E-state index contributed by atoms with van der Waals surface area (Å²) in [5, 5.41) is -1.19. The smallest absolute Gasteiger partial charge is 0.361 e. The minimum Gasteiger partial charge on any atom is -0.361 e. The van der Waals surface area contributed by atoms with Crippen molar-refractivity contribution in [3.05, 3.63) is 45.5 Å². The van der Waals surface area contributed by atoms with Crippen LogP contribution in [0, 0.1) is 10.1 Å². The largest absolute Gasteiger partial charge is 0.439 e. The standard InChI is InChI=1S/C16H14ClF8N5O4S/c1-3-29(4-2)12(11(27-26)9-5-7-10(8-6-9)30(31)32)28-35(33)16(24,25)15(22,23)34-14(20,21)13(17,18)19/h5-8H,3-4H2,1-2H3/b28-12-. The molecule has 0 amide bonds. The van der Waals surface area contributed by atoms with Crippen molar-refractivity contribution < 1.29 is 53.8 Å². The topological polar surface area (TPSA) is 121 Å². The van der Waals surface area contributed by atoms with Crippen LogP contribution in [-0.4, -0.2) is 66.3 Å². The van der Waals surface area contributed by atoms with E-state index in [1.807, 2.05) is 0 Å². The number of hydrogen-bond acceptors (Lipinski definition) is 4. The van der Waals surface area contributed by atoms with Gasteiger partial charge in [0.15, 0.2) is 0 Å². The number of amidine groups is 1. The number of ether oxygens (including phenoxy) is 1. The number of halogens is 9. The molecule has 0 spiro atoms. The molecule has 0 aliphatic heterocycles. The molecule has 1 rings (SSSR count). The molecule has 0 aliphatic carbocycles. The van der Waals surface area contributed by atoms with E-state index in [9.17, 15) is 55.0 Å². The van der Waals surface area contributed by atoms with Gasteiger partial charge in [0, 0.05) is 25.2 Å². The van der Waals surface area contributed by atoms with E-state index in [-0.39, 0.29) is 18.7 Å². The molecule has 0 radical (unpaired) electrons. The molecule has 35 heavy (non-hydrogen) atoms. The van der Waals surface area contributed by atoms with Crippen LogP contribution in [0.4, 0.5) is 40.8 Å². The van der Waals surface area contributed by atoms with Crippen molar-refractivity contribution in [2.75, 3.05) is 13.1 Å². The van der Waals surface area contributed by atoms with E-state index in [0.29, 0.717) is 0 Å². The number of rotatable bonds is 11. The molecule has 0 N–H and O–H groups in total. The van der Waals surface area contributed by atoms with E-state index in [4.69, 9.17) is 0 Å². The highest BCUT2D eigenvalue weighted by Crippen LogP contribution is 2.47. The maximum Gasteiger partial charge on any atom is 0.439 e. The lowest BCUT2D eigenvalue weighted by molar-refractivity contribution is -0.442. The molecule has 0 saturated heterocycles. The Morgan fingerprint density at radius 2 is 1.60 bits per heavy atom. The summed E-state index contributed by atoms with van der Waals surface area (Å²) < 4.78 is 124. The molecule has 1 aromatic carbocycles. The van der Waals surface area contributed by atoms with Gasteiger partial charge in [0.25, 0.3) is 5.69 Å². The monoisotopic (exact) mass is 559 g/mol. The van der Waals surface area contributed by atoms with E-state index in [0.717, 1.165) is 29.2 Å². The van der Waals surface area contributed by atoms with Crippen LogP contribution in [0.3, 0.4) is 0 Å². The first-order chi connectivity index (χ1) is 15.9. The molecule has 0 aliphatic rings. The lowest BCUT2D eigenvalue weighted by Gasteiger charge is -2.29. The zero-order valence-corrected chi connectivity index (χ0v) is 19.0. The summed E-state index contributed by atoms with van der Waals surface area (Å²) in [4.78, 5) is 13.7. The summed E-state index contributed by atoms with van der Waals surface area (Å²) >= 11 is 3.90. The Labute approximate surface area is 198 Å². The van der Waals surface area contributed by atoms with Gasteiger partial charge in [-0.2, -0.15) is 44.3 Å². The minimum absolute atomic E-state index is 0.145. The van der Waals surface area contributed by atoms with Gasteiger partial charge in [-0.25, -0.2) is 8.95 Å². The maximum absolute atomic E-state index is 14.2. The number of likely N-dealkylation sites (N-methyl/N-ethyl adjacent to an activating group) is 1. The summed E-state index contributed by atoms with van der Waals surface area (Å²) in [5.74, 6) is -0.936. The zero-order valence-electron chi connectivity index (χ0n) is 17.4. The first-order valence-electron chi connectivity index (χ1n) is 8.99. The quantitative estimate of drug-likeness (QED) is 0.0571. The third-order valence-corrected chi connectivity index (χ3v) is 5.28. The first kappa shape index (κ1) is 30.3. The predicted octanol–water partition coefficient (Wildman–Crippen LogP) is 4.64. The van der Waals surface area contributed by atoms with Crippen molar-refractivity contribution in [1.82, 2.24) is 4.90 Å². The number of nitro groups is 1. The van der Waals surface area contributed by atoms with Gasteiger partial charge in [0.2, 0.25) is 16.8 Å².